The topological polar surface area (TPSA) is 73.9 Å². The number of nitrogens with one attached hydrogen (secondary N) is 2. The van der Waals surface area contributed by atoms with Crippen LogP contribution in [0, 0.1) is 5.41 Å². The fraction of sp³-hybridized carbons (Fsp3) is 0.133. The summed E-state index contributed by atoms with van der Waals surface area (Å²) in [5, 5.41) is 13.5. The Bertz CT molecular complexity index is 734. The molecule has 0 radical (unpaired) electrons. The molecular weight excluding hydrogens is 286 g/mol. The summed E-state index contributed by atoms with van der Waals surface area (Å²) in [6.45, 7) is 0. The Hall–Kier alpha value is -2.56. The molecule has 2 amide bonds. The predicted octanol–water partition coefficient (Wildman–Crippen LogP) is 1.19. The zero-order chi connectivity index (χ0) is 14.8. The molecular formula is C15H12N3O2S+. The summed E-state index contributed by atoms with van der Waals surface area (Å²) in [6, 6.07) is 6.76. The Labute approximate surface area is 125 Å². The molecule has 1 fully saturated rings. The third kappa shape index (κ3) is 2.31. The molecule has 0 aromatic carbocycles. The number of hydrogen-bond acceptors (Lipinski definition) is 4. The molecule has 6 heteroatoms. The first-order valence-corrected chi connectivity index (χ1v) is 7.29. The van der Waals surface area contributed by atoms with Crippen LogP contribution in [-0.4, -0.2) is 17.7 Å². The van der Waals surface area contributed by atoms with Gasteiger partial charge in [-0.3, -0.25) is 20.3 Å². The minimum atomic E-state index is -0.605. The van der Waals surface area contributed by atoms with Crippen LogP contribution in [-0.2, 0) is 9.59 Å². The number of rotatable bonds is 2. The molecule has 3 heterocycles. The van der Waals surface area contributed by atoms with Crippen molar-refractivity contribution in [3.05, 3.63) is 58.6 Å². The molecule has 0 spiro atoms. The third-order valence-electron chi connectivity index (χ3n) is 3.47. The minimum absolute atomic E-state index is 0.175. The number of amides is 2. The second-order valence-electron chi connectivity index (χ2n) is 4.66. The van der Waals surface area contributed by atoms with Crippen LogP contribution in [0.15, 0.2) is 53.0 Å². The highest BCUT2D eigenvalue weighted by atomic mass is 32.1. The number of aromatic nitrogens is 1. The van der Waals surface area contributed by atoms with Crippen LogP contribution in [0.3, 0.4) is 0 Å². The number of carbonyl (C=O) groups excluding carboxylic acids is 2. The lowest BCUT2D eigenvalue weighted by Gasteiger charge is -2.26. The summed E-state index contributed by atoms with van der Waals surface area (Å²) in [4.78, 5) is 24.3. The highest BCUT2D eigenvalue weighted by molar-refractivity contribution is 7.08. The quantitative estimate of drug-likeness (QED) is 0.378. The van der Waals surface area contributed by atoms with Crippen LogP contribution < -0.4 is 9.88 Å². The van der Waals surface area contributed by atoms with E-state index in [9.17, 15) is 9.59 Å². The third-order valence-corrected chi connectivity index (χ3v) is 4.17. The van der Waals surface area contributed by atoms with Crippen LogP contribution in [0.2, 0.25) is 0 Å². The van der Waals surface area contributed by atoms with Gasteiger partial charge < -0.3 is 0 Å². The average Bonchev–Trinajstić information content (AvgIpc) is 3.01. The molecule has 2 N–H and O–H groups in total. The van der Waals surface area contributed by atoms with E-state index in [1.165, 1.54) is 11.3 Å². The number of piperidine rings is 1. The van der Waals surface area contributed by atoms with Gasteiger partial charge in [0.25, 0.3) is 11.8 Å². The lowest BCUT2D eigenvalue weighted by atomic mass is 9.83. The molecule has 0 unspecified atom stereocenters. The van der Waals surface area contributed by atoms with Gasteiger partial charge in [0.05, 0.1) is 11.5 Å². The van der Waals surface area contributed by atoms with E-state index in [1.807, 2.05) is 35.0 Å². The summed E-state index contributed by atoms with van der Waals surface area (Å²) in [5.74, 6) is 0.797. The highest BCUT2D eigenvalue weighted by Crippen LogP contribution is 2.35. The SMILES string of the molecule is N=C=C1C(=O)NC(=O)[C@H]([n+]2ccccc2)[C@H]1c1ccsc1. The molecule has 1 saturated heterocycles. The van der Waals surface area contributed by atoms with Gasteiger partial charge in [-0.2, -0.15) is 15.9 Å². The van der Waals surface area contributed by atoms with Crippen molar-refractivity contribution in [3.8, 4) is 0 Å². The lowest BCUT2D eigenvalue weighted by molar-refractivity contribution is -0.711. The van der Waals surface area contributed by atoms with Crippen LogP contribution >= 0.6 is 11.3 Å². The van der Waals surface area contributed by atoms with Gasteiger partial charge in [0.1, 0.15) is 0 Å². The predicted molar refractivity (Wildman–Crippen MR) is 77.1 cm³/mol. The second-order valence-corrected chi connectivity index (χ2v) is 5.44. The largest absolute Gasteiger partial charge is 0.296 e. The molecule has 1 aliphatic heterocycles. The van der Waals surface area contributed by atoms with Gasteiger partial charge in [-0.05, 0) is 28.3 Å². The van der Waals surface area contributed by atoms with E-state index < -0.39 is 17.9 Å². The minimum Gasteiger partial charge on any atom is -0.286 e. The van der Waals surface area contributed by atoms with Crippen LogP contribution in [0.25, 0.3) is 0 Å². The van der Waals surface area contributed by atoms with Crippen molar-refractivity contribution in [2.24, 2.45) is 0 Å². The van der Waals surface area contributed by atoms with Gasteiger partial charge in [-0.1, -0.05) is 6.07 Å². The summed E-state index contributed by atoms with van der Waals surface area (Å²) in [7, 11) is 0. The van der Waals surface area contributed by atoms with E-state index in [2.05, 4.69) is 11.2 Å². The van der Waals surface area contributed by atoms with Gasteiger partial charge in [-0.15, -0.1) is 0 Å². The average molecular weight is 298 g/mol. The number of carbonyl (C=O) groups is 2. The number of pyridine rings is 1. The lowest BCUT2D eigenvalue weighted by Crippen LogP contribution is -2.57. The van der Waals surface area contributed by atoms with Gasteiger partial charge in [-0.25, -0.2) is 0 Å². The van der Waals surface area contributed by atoms with Gasteiger partial charge in [0.2, 0.25) is 6.04 Å². The van der Waals surface area contributed by atoms with Crippen molar-refractivity contribution in [2.75, 3.05) is 0 Å². The van der Waals surface area contributed by atoms with Crippen molar-refractivity contribution in [2.45, 2.75) is 12.0 Å². The van der Waals surface area contributed by atoms with Gasteiger partial charge in [0.15, 0.2) is 12.4 Å². The van der Waals surface area contributed by atoms with Crippen molar-refractivity contribution in [3.63, 3.8) is 0 Å². The molecule has 1 aliphatic rings. The van der Waals surface area contributed by atoms with E-state index >= 15 is 0 Å². The van der Waals surface area contributed by atoms with E-state index in [1.54, 1.807) is 17.0 Å². The molecule has 0 aliphatic carbocycles. The molecule has 21 heavy (non-hydrogen) atoms. The van der Waals surface area contributed by atoms with Gasteiger partial charge >= 0.3 is 0 Å². The monoisotopic (exact) mass is 298 g/mol. The van der Waals surface area contributed by atoms with E-state index in [0.29, 0.717) is 0 Å². The zero-order valence-corrected chi connectivity index (χ0v) is 11.8. The molecule has 3 rings (SSSR count). The maximum Gasteiger partial charge on any atom is 0.296 e. The Morgan fingerprint density at radius 1 is 1.24 bits per heavy atom. The fourth-order valence-electron chi connectivity index (χ4n) is 2.54. The Morgan fingerprint density at radius 2 is 2.00 bits per heavy atom. The number of imide groups is 1. The van der Waals surface area contributed by atoms with Crippen molar-refractivity contribution >= 4 is 29.0 Å². The molecule has 0 saturated carbocycles. The summed E-state index contributed by atoms with van der Waals surface area (Å²) < 4.78 is 1.75. The molecule has 0 bridgehead atoms. The normalized spacial score (nSPS) is 21.8. The second kappa shape index (κ2) is 5.44. The number of hydrogen-bond donors (Lipinski definition) is 2. The Morgan fingerprint density at radius 3 is 2.62 bits per heavy atom. The summed E-state index contributed by atoms with van der Waals surface area (Å²) in [6.07, 6.45) is 3.56. The van der Waals surface area contributed by atoms with Crippen LogP contribution in [0.1, 0.15) is 17.5 Å². The first-order valence-electron chi connectivity index (χ1n) is 6.35. The molecule has 2 atom stereocenters. The fourth-order valence-corrected chi connectivity index (χ4v) is 3.24. The van der Waals surface area contributed by atoms with Crippen LogP contribution in [0.5, 0.6) is 0 Å². The van der Waals surface area contributed by atoms with E-state index in [-0.39, 0.29) is 11.5 Å². The number of nitrogens with zero attached hydrogens (tertiary/aromatic N) is 1. The molecule has 2 aromatic rings. The van der Waals surface area contributed by atoms with Crippen LogP contribution in [0.4, 0.5) is 0 Å². The molecule has 5 nitrogen and oxygen atoms in total. The smallest absolute Gasteiger partial charge is 0.286 e. The molecule has 2 aromatic heterocycles. The highest BCUT2D eigenvalue weighted by Gasteiger charge is 2.47. The van der Waals surface area contributed by atoms with Gasteiger partial charge in [0, 0.05) is 12.1 Å². The first-order chi connectivity index (χ1) is 10.2. The maximum atomic E-state index is 12.3. The van der Waals surface area contributed by atoms with Crippen molar-refractivity contribution < 1.29 is 14.2 Å². The van der Waals surface area contributed by atoms with Crippen molar-refractivity contribution in [1.29, 1.82) is 5.41 Å². The maximum absolute atomic E-state index is 12.3. The molecule has 104 valence electrons. The van der Waals surface area contributed by atoms with E-state index in [0.717, 1.165) is 5.56 Å². The van der Waals surface area contributed by atoms with E-state index in [4.69, 9.17) is 5.41 Å². The Kier molecular flexibility index (Phi) is 3.48. The Balaban J connectivity index is 2.17. The van der Waals surface area contributed by atoms with Crippen molar-refractivity contribution in [1.82, 2.24) is 5.32 Å². The zero-order valence-electron chi connectivity index (χ0n) is 10.9. The standard InChI is InChI=1S/C15H11N3O2S/c16-8-11-12(10-4-7-21-9-10)13(15(20)17-14(11)19)18-5-2-1-3-6-18/h1-7,9,12-13,16H/p+1/t12-,13+/m0/s1. The number of thiophene rings is 1. The summed E-state index contributed by atoms with van der Waals surface area (Å²) >= 11 is 1.49. The summed E-state index contributed by atoms with van der Waals surface area (Å²) in [5.41, 5.74) is 1.02. The first kappa shape index (κ1) is 13.4.